The third kappa shape index (κ3) is 3.43. The fourth-order valence-electron chi connectivity index (χ4n) is 1.95. The van der Waals surface area contributed by atoms with Gasteiger partial charge in [0.1, 0.15) is 11.9 Å². The molecule has 0 saturated carbocycles. The Balaban J connectivity index is 2.07. The lowest BCUT2D eigenvalue weighted by atomic mass is 10.2. The van der Waals surface area contributed by atoms with E-state index in [0.29, 0.717) is 29.5 Å². The zero-order chi connectivity index (χ0) is 14.5. The van der Waals surface area contributed by atoms with Crippen LogP contribution in [0.25, 0.3) is 0 Å². The minimum atomic E-state index is -0.406. The molecule has 2 rings (SSSR count). The number of benzene rings is 1. The van der Waals surface area contributed by atoms with Gasteiger partial charge in [0.05, 0.1) is 18.8 Å². The van der Waals surface area contributed by atoms with Gasteiger partial charge < -0.3 is 9.47 Å². The summed E-state index contributed by atoms with van der Waals surface area (Å²) >= 11 is 1.39. The van der Waals surface area contributed by atoms with E-state index in [-0.39, 0.29) is 11.9 Å². The van der Waals surface area contributed by atoms with Gasteiger partial charge in [-0.05, 0) is 24.6 Å². The third-order valence-electron chi connectivity index (χ3n) is 3.10. The second-order valence-corrected chi connectivity index (χ2v) is 5.62. The van der Waals surface area contributed by atoms with Crippen LogP contribution in [-0.2, 0) is 9.47 Å². The molecule has 1 aromatic carbocycles. The average Bonchev–Trinajstić information content (AvgIpc) is 2.82. The van der Waals surface area contributed by atoms with E-state index in [0.717, 1.165) is 6.42 Å². The smallest absolute Gasteiger partial charge is 0.414 e. The van der Waals surface area contributed by atoms with Crippen LogP contribution in [0.3, 0.4) is 0 Å². The van der Waals surface area contributed by atoms with Crippen molar-refractivity contribution < 1.29 is 18.7 Å². The van der Waals surface area contributed by atoms with Gasteiger partial charge in [-0.25, -0.2) is 9.18 Å². The Labute approximate surface area is 122 Å². The number of anilines is 1. The van der Waals surface area contributed by atoms with Crippen LogP contribution in [0.5, 0.6) is 0 Å². The number of cyclic esters (lactones) is 1. The minimum Gasteiger partial charge on any atom is -0.444 e. The molecule has 1 heterocycles. The predicted molar refractivity (Wildman–Crippen MR) is 76.9 cm³/mol. The molecule has 1 atom stereocenters. The molecule has 0 aliphatic carbocycles. The topological polar surface area (TPSA) is 38.8 Å². The van der Waals surface area contributed by atoms with E-state index in [4.69, 9.17) is 9.47 Å². The van der Waals surface area contributed by atoms with Gasteiger partial charge in [-0.2, -0.15) is 0 Å². The highest BCUT2D eigenvalue weighted by molar-refractivity contribution is 7.99. The summed E-state index contributed by atoms with van der Waals surface area (Å²) in [7, 11) is 1.61. The molecule has 1 aliphatic rings. The van der Waals surface area contributed by atoms with Crippen molar-refractivity contribution in [2.45, 2.75) is 24.3 Å². The second kappa shape index (κ2) is 6.95. The van der Waals surface area contributed by atoms with Gasteiger partial charge in [-0.15, -0.1) is 11.8 Å². The largest absolute Gasteiger partial charge is 0.444 e. The molecule has 110 valence electrons. The number of nitrogens with zero attached hydrogens (tertiary/aromatic N) is 1. The average molecular weight is 299 g/mol. The lowest BCUT2D eigenvalue weighted by molar-refractivity contribution is 0.139. The fraction of sp³-hybridized carbons (Fsp3) is 0.500. The summed E-state index contributed by atoms with van der Waals surface area (Å²) in [5.74, 6) is 0.368. The molecule has 0 bridgehead atoms. The normalized spacial score (nSPS) is 18.4. The maximum atomic E-state index is 14.0. The van der Waals surface area contributed by atoms with Gasteiger partial charge in [0.2, 0.25) is 0 Å². The summed E-state index contributed by atoms with van der Waals surface area (Å²) in [4.78, 5) is 13.7. The summed E-state index contributed by atoms with van der Waals surface area (Å²) < 4.78 is 24.1. The van der Waals surface area contributed by atoms with Crippen molar-refractivity contribution in [2.24, 2.45) is 0 Å². The molecule has 6 heteroatoms. The zero-order valence-electron chi connectivity index (χ0n) is 11.6. The second-order valence-electron chi connectivity index (χ2n) is 4.48. The maximum Gasteiger partial charge on any atom is 0.414 e. The summed E-state index contributed by atoms with van der Waals surface area (Å²) in [6, 6.07) is 4.82. The first kappa shape index (κ1) is 15.1. The van der Waals surface area contributed by atoms with E-state index in [1.54, 1.807) is 19.2 Å². The number of amides is 1. The first-order chi connectivity index (χ1) is 9.65. The van der Waals surface area contributed by atoms with E-state index in [9.17, 15) is 9.18 Å². The lowest BCUT2D eigenvalue weighted by Gasteiger charge is -2.14. The Kier molecular flexibility index (Phi) is 5.25. The Hall–Kier alpha value is -1.27. The molecular formula is C14H18FNO3S. The molecule has 0 radical (unpaired) electrons. The predicted octanol–water partition coefficient (Wildman–Crippen LogP) is 3.30. The van der Waals surface area contributed by atoms with Crippen LogP contribution in [0.2, 0.25) is 0 Å². The summed E-state index contributed by atoms with van der Waals surface area (Å²) in [6.07, 6.45) is 0.243. The molecule has 0 unspecified atom stereocenters. The molecular weight excluding hydrogens is 281 g/mol. The Bertz CT molecular complexity index is 483. The van der Waals surface area contributed by atoms with Crippen molar-refractivity contribution in [1.29, 1.82) is 0 Å². The van der Waals surface area contributed by atoms with Gasteiger partial charge in [0, 0.05) is 17.8 Å². The quantitative estimate of drug-likeness (QED) is 0.597. The first-order valence-corrected chi connectivity index (χ1v) is 7.53. The van der Waals surface area contributed by atoms with Crippen LogP contribution in [0.1, 0.15) is 13.3 Å². The SMILES string of the molecule is CC[C@H]1CN(c2ccc(SCCOC)c(F)c2)C(=O)O1. The minimum absolute atomic E-state index is 0.110. The van der Waals surface area contributed by atoms with Crippen LogP contribution >= 0.6 is 11.8 Å². The van der Waals surface area contributed by atoms with Crippen LogP contribution in [0.15, 0.2) is 23.1 Å². The molecule has 0 N–H and O–H groups in total. The van der Waals surface area contributed by atoms with E-state index in [2.05, 4.69) is 0 Å². The molecule has 1 fully saturated rings. The Morgan fingerprint density at radius 3 is 2.95 bits per heavy atom. The lowest BCUT2D eigenvalue weighted by Crippen LogP contribution is -2.24. The molecule has 20 heavy (non-hydrogen) atoms. The number of rotatable bonds is 6. The molecule has 1 amide bonds. The number of carbonyl (C=O) groups excluding carboxylic acids is 1. The number of halogens is 1. The fourth-order valence-corrected chi connectivity index (χ4v) is 2.79. The molecule has 4 nitrogen and oxygen atoms in total. The Morgan fingerprint density at radius 2 is 2.35 bits per heavy atom. The number of hydrogen-bond acceptors (Lipinski definition) is 4. The van der Waals surface area contributed by atoms with Gasteiger partial charge in [-0.3, -0.25) is 4.90 Å². The summed E-state index contributed by atoms with van der Waals surface area (Å²) in [5, 5.41) is 0. The number of ether oxygens (including phenoxy) is 2. The van der Waals surface area contributed by atoms with Crippen LogP contribution in [0, 0.1) is 5.82 Å². The highest BCUT2D eigenvalue weighted by Crippen LogP contribution is 2.28. The monoisotopic (exact) mass is 299 g/mol. The van der Waals surface area contributed by atoms with Gasteiger partial charge >= 0.3 is 6.09 Å². The van der Waals surface area contributed by atoms with Crippen molar-refractivity contribution >= 4 is 23.5 Å². The standard InChI is InChI=1S/C14H18FNO3S/c1-3-11-9-16(14(17)19-11)10-4-5-13(12(15)8-10)20-7-6-18-2/h4-5,8,11H,3,6-7,9H2,1-2H3/t11-/m0/s1. The van der Waals surface area contributed by atoms with Gasteiger partial charge in [0.15, 0.2) is 0 Å². The van der Waals surface area contributed by atoms with Crippen LogP contribution < -0.4 is 4.90 Å². The van der Waals surface area contributed by atoms with E-state index >= 15 is 0 Å². The first-order valence-electron chi connectivity index (χ1n) is 6.55. The molecule has 0 aromatic heterocycles. The molecule has 1 saturated heterocycles. The third-order valence-corrected chi connectivity index (χ3v) is 4.11. The zero-order valence-corrected chi connectivity index (χ0v) is 12.4. The Morgan fingerprint density at radius 1 is 1.55 bits per heavy atom. The molecule has 1 aliphatic heterocycles. The van der Waals surface area contributed by atoms with Crippen molar-refractivity contribution in [2.75, 3.05) is 30.9 Å². The summed E-state index contributed by atoms with van der Waals surface area (Å²) in [6.45, 7) is 3.00. The van der Waals surface area contributed by atoms with Crippen molar-refractivity contribution in [3.63, 3.8) is 0 Å². The number of carbonyl (C=O) groups is 1. The van der Waals surface area contributed by atoms with E-state index in [1.807, 2.05) is 6.92 Å². The van der Waals surface area contributed by atoms with Gasteiger partial charge in [0.25, 0.3) is 0 Å². The number of thioether (sulfide) groups is 1. The number of methoxy groups -OCH3 is 1. The van der Waals surface area contributed by atoms with Crippen molar-refractivity contribution in [3.05, 3.63) is 24.0 Å². The van der Waals surface area contributed by atoms with Crippen LogP contribution in [-0.4, -0.2) is 38.2 Å². The molecule has 1 aromatic rings. The van der Waals surface area contributed by atoms with Crippen molar-refractivity contribution in [3.8, 4) is 0 Å². The van der Waals surface area contributed by atoms with E-state index in [1.165, 1.54) is 22.7 Å². The van der Waals surface area contributed by atoms with Gasteiger partial charge in [-0.1, -0.05) is 6.92 Å². The highest BCUT2D eigenvalue weighted by atomic mass is 32.2. The summed E-state index contributed by atoms with van der Waals surface area (Å²) in [5.41, 5.74) is 0.541. The highest BCUT2D eigenvalue weighted by Gasteiger charge is 2.31. The number of hydrogen-bond donors (Lipinski definition) is 0. The maximum absolute atomic E-state index is 14.0. The van der Waals surface area contributed by atoms with Crippen molar-refractivity contribution in [1.82, 2.24) is 0 Å². The van der Waals surface area contributed by atoms with E-state index < -0.39 is 6.09 Å². The van der Waals surface area contributed by atoms with Crippen LogP contribution in [0.4, 0.5) is 14.9 Å². The molecule has 0 spiro atoms.